The number of nitrogens with zero attached hydrogens (tertiary/aromatic N) is 1. The van der Waals surface area contributed by atoms with Gasteiger partial charge in [-0.2, -0.15) is 4.31 Å². The predicted octanol–water partition coefficient (Wildman–Crippen LogP) is 4.11. The summed E-state index contributed by atoms with van der Waals surface area (Å²) >= 11 is 1.16. The minimum atomic E-state index is -3.78. The van der Waals surface area contributed by atoms with E-state index in [1.165, 1.54) is 4.31 Å². The van der Waals surface area contributed by atoms with Crippen molar-refractivity contribution in [2.24, 2.45) is 0 Å². The van der Waals surface area contributed by atoms with Crippen molar-refractivity contribution >= 4 is 27.3 Å². The van der Waals surface area contributed by atoms with Crippen LogP contribution in [0, 0.1) is 0 Å². The molecule has 4 rings (SSSR count). The summed E-state index contributed by atoms with van der Waals surface area (Å²) in [6, 6.07) is 18.1. The van der Waals surface area contributed by atoms with Crippen LogP contribution >= 0.6 is 11.3 Å². The van der Waals surface area contributed by atoms with Gasteiger partial charge in [0.05, 0.1) is 12.7 Å². The Kier molecular flexibility index (Phi) is 7.29. The van der Waals surface area contributed by atoms with Crippen molar-refractivity contribution in [2.75, 3.05) is 0 Å². The fraction of sp³-hybridized carbons (Fsp3) is 0.320. The zero-order valence-electron chi connectivity index (χ0n) is 18.7. The van der Waals surface area contributed by atoms with Gasteiger partial charge in [0.2, 0.25) is 5.91 Å². The van der Waals surface area contributed by atoms with Crippen molar-refractivity contribution < 1.29 is 17.9 Å². The molecule has 0 saturated carbocycles. The molecule has 0 aliphatic carbocycles. The van der Waals surface area contributed by atoms with Crippen LogP contribution in [-0.2, 0) is 45.7 Å². The van der Waals surface area contributed by atoms with E-state index in [2.05, 4.69) is 5.32 Å². The first-order valence-electron chi connectivity index (χ1n) is 10.9. The van der Waals surface area contributed by atoms with Crippen LogP contribution in [0.25, 0.3) is 0 Å². The van der Waals surface area contributed by atoms with E-state index in [-0.39, 0.29) is 22.8 Å². The van der Waals surface area contributed by atoms with E-state index in [1.54, 1.807) is 17.5 Å². The first-order chi connectivity index (χ1) is 15.8. The highest BCUT2D eigenvalue weighted by Gasteiger charge is 2.39. The minimum Gasteiger partial charge on any atom is -0.374 e. The molecule has 2 heterocycles. The number of hydrogen-bond acceptors (Lipinski definition) is 5. The number of thiophene rings is 1. The smallest absolute Gasteiger partial charge is 0.253 e. The number of carbonyl (C=O) groups excluding carboxylic acids is 1. The largest absolute Gasteiger partial charge is 0.374 e. The fourth-order valence-corrected chi connectivity index (χ4v) is 6.51. The van der Waals surface area contributed by atoms with Crippen molar-refractivity contribution in [3.63, 3.8) is 0 Å². The SMILES string of the molecule is CC(C)OCc1ccc(CNC(=O)[C@@H]2Cc3ccccc3CN2S(=O)(=O)c2cccs2)cc1. The Morgan fingerprint density at radius 2 is 1.76 bits per heavy atom. The summed E-state index contributed by atoms with van der Waals surface area (Å²) < 4.78 is 33.9. The van der Waals surface area contributed by atoms with E-state index in [9.17, 15) is 13.2 Å². The Morgan fingerprint density at radius 3 is 2.42 bits per heavy atom. The topological polar surface area (TPSA) is 75.7 Å². The zero-order valence-corrected chi connectivity index (χ0v) is 20.4. The van der Waals surface area contributed by atoms with Gasteiger partial charge in [-0.3, -0.25) is 4.79 Å². The maximum absolute atomic E-state index is 13.3. The molecule has 1 amide bonds. The second-order valence-corrected chi connectivity index (χ2v) is 11.4. The maximum atomic E-state index is 13.3. The average molecular weight is 485 g/mol. The lowest BCUT2D eigenvalue weighted by Gasteiger charge is -2.34. The number of nitrogens with one attached hydrogen (secondary N) is 1. The Balaban J connectivity index is 1.49. The van der Waals surface area contributed by atoms with Crippen molar-refractivity contribution in [3.05, 3.63) is 88.3 Å². The van der Waals surface area contributed by atoms with E-state index >= 15 is 0 Å². The summed E-state index contributed by atoms with van der Waals surface area (Å²) in [4.78, 5) is 13.2. The lowest BCUT2D eigenvalue weighted by atomic mass is 9.95. The summed E-state index contributed by atoms with van der Waals surface area (Å²) in [6.07, 6.45) is 0.510. The summed E-state index contributed by atoms with van der Waals surface area (Å²) in [5, 5.41) is 4.68. The lowest BCUT2D eigenvalue weighted by molar-refractivity contribution is -0.125. The molecule has 174 valence electrons. The van der Waals surface area contributed by atoms with Crippen LogP contribution in [0.4, 0.5) is 0 Å². The number of ether oxygens (including phenoxy) is 1. The van der Waals surface area contributed by atoms with Gasteiger partial charge in [0, 0.05) is 13.1 Å². The van der Waals surface area contributed by atoms with Gasteiger partial charge in [0.15, 0.2) is 0 Å². The highest BCUT2D eigenvalue weighted by molar-refractivity contribution is 7.91. The third-order valence-electron chi connectivity index (χ3n) is 5.64. The highest BCUT2D eigenvalue weighted by atomic mass is 32.2. The van der Waals surface area contributed by atoms with Crippen molar-refractivity contribution in [3.8, 4) is 0 Å². The molecular formula is C25H28N2O4S2. The molecule has 1 N–H and O–H groups in total. The monoisotopic (exact) mass is 484 g/mol. The van der Waals surface area contributed by atoms with Gasteiger partial charge in [0.25, 0.3) is 10.0 Å². The number of rotatable bonds is 8. The van der Waals surface area contributed by atoms with Crippen LogP contribution in [0.5, 0.6) is 0 Å². The van der Waals surface area contributed by atoms with Crippen LogP contribution in [-0.4, -0.2) is 30.8 Å². The van der Waals surface area contributed by atoms with Gasteiger partial charge in [0.1, 0.15) is 10.3 Å². The maximum Gasteiger partial charge on any atom is 0.253 e. The molecule has 6 nitrogen and oxygen atoms in total. The van der Waals surface area contributed by atoms with E-state index in [4.69, 9.17) is 4.74 Å². The summed E-state index contributed by atoms with van der Waals surface area (Å²) in [5.74, 6) is -0.295. The molecule has 0 saturated heterocycles. The Morgan fingerprint density at radius 1 is 1.06 bits per heavy atom. The van der Waals surface area contributed by atoms with Crippen LogP contribution in [0.15, 0.2) is 70.3 Å². The Bertz CT molecular complexity index is 1190. The molecular weight excluding hydrogens is 456 g/mol. The number of carbonyl (C=O) groups is 1. The zero-order chi connectivity index (χ0) is 23.4. The summed E-state index contributed by atoms with van der Waals surface area (Å²) in [7, 11) is -3.78. The molecule has 0 radical (unpaired) electrons. The van der Waals surface area contributed by atoms with E-state index < -0.39 is 16.1 Å². The summed E-state index contributed by atoms with van der Waals surface area (Å²) in [6.45, 7) is 5.04. The first kappa shape index (κ1) is 23.6. The molecule has 8 heteroatoms. The van der Waals surface area contributed by atoms with Gasteiger partial charge in [-0.25, -0.2) is 8.42 Å². The van der Waals surface area contributed by atoms with Crippen molar-refractivity contribution in [1.29, 1.82) is 0 Å². The predicted molar refractivity (Wildman–Crippen MR) is 129 cm³/mol. The second-order valence-electron chi connectivity index (χ2n) is 8.37. The molecule has 0 fully saturated rings. The fourth-order valence-electron chi connectivity index (χ4n) is 3.82. The Hall–Kier alpha value is -2.52. The third-order valence-corrected chi connectivity index (χ3v) is 8.87. The molecule has 3 aromatic rings. The number of benzene rings is 2. The van der Waals surface area contributed by atoms with Crippen LogP contribution in [0.1, 0.15) is 36.1 Å². The number of sulfonamides is 1. The number of hydrogen-bond donors (Lipinski definition) is 1. The molecule has 1 aromatic heterocycles. The molecule has 33 heavy (non-hydrogen) atoms. The number of fused-ring (bicyclic) bond motifs is 1. The van der Waals surface area contributed by atoms with Gasteiger partial charge in [-0.05, 0) is 54.0 Å². The van der Waals surface area contributed by atoms with E-state index in [1.807, 2.05) is 62.4 Å². The molecule has 2 aromatic carbocycles. The number of amides is 1. The van der Waals surface area contributed by atoms with Crippen LogP contribution in [0.2, 0.25) is 0 Å². The first-order valence-corrected chi connectivity index (χ1v) is 13.3. The average Bonchev–Trinajstić information content (AvgIpc) is 3.37. The van der Waals surface area contributed by atoms with Gasteiger partial charge in [-0.1, -0.05) is 54.6 Å². The second kappa shape index (κ2) is 10.2. The van der Waals surface area contributed by atoms with Crippen LogP contribution < -0.4 is 5.32 Å². The Labute approximate surface area is 199 Å². The van der Waals surface area contributed by atoms with Crippen LogP contribution in [0.3, 0.4) is 0 Å². The molecule has 1 atom stereocenters. The molecule has 1 aliphatic rings. The molecule has 0 bridgehead atoms. The molecule has 0 unspecified atom stereocenters. The van der Waals surface area contributed by atoms with E-state index in [0.29, 0.717) is 19.6 Å². The lowest BCUT2D eigenvalue weighted by Crippen LogP contribution is -2.52. The summed E-state index contributed by atoms with van der Waals surface area (Å²) in [5.41, 5.74) is 3.95. The van der Waals surface area contributed by atoms with Gasteiger partial charge >= 0.3 is 0 Å². The van der Waals surface area contributed by atoms with Gasteiger partial charge in [-0.15, -0.1) is 11.3 Å². The van der Waals surface area contributed by atoms with Crippen molar-refractivity contribution in [1.82, 2.24) is 9.62 Å². The normalized spacial score (nSPS) is 16.5. The van der Waals surface area contributed by atoms with Gasteiger partial charge < -0.3 is 10.1 Å². The standard InChI is InChI=1S/C25H28N2O4S2/c1-18(2)31-17-20-11-9-19(10-12-20)15-26-25(28)23-14-21-6-3-4-7-22(21)16-27(23)33(29,30)24-8-5-13-32-24/h3-13,18,23H,14-17H2,1-2H3,(H,26,28)/t23-/m0/s1. The quantitative estimate of drug-likeness (QED) is 0.522. The molecule has 0 spiro atoms. The third kappa shape index (κ3) is 5.52. The minimum absolute atomic E-state index is 0.165. The highest BCUT2D eigenvalue weighted by Crippen LogP contribution is 2.31. The van der Waals surface area contributed by atoms with E-state index in [0.717, 1.165) is 33.6 Å². The van der Waals surface area contributed by atoms with Crippen molar-refractivity contribution in [2.45, 2.75) is 56.3 Å². The molecule has 1 aliphatic heterocycles.